The van der Waals surface area contributed by atoms with Gasteiger partial charge in [0.15, 0.2) is 0 Å². The summed E-state index contributed by atoms with van der Waals surface area (Å²) in [7, 11) is 0. The molecule has 0 aromatic heterocycles. The van der Waals surface area contributed by atoms with Crippen LogP contribution in [0, 0.1) is 5.92 Å². The van der Waals surface area contributed by atoms with E-state index in [-0.39, 0.29) is 0 Å². The zero-order chi connectivity index (χ0) is 9.26. The molecule has 2 rings (SSSR count). The molecule has 0 unspecified atom stereocenters. The summed E-state index contributed by atoms with van der Waals surface area (Å²) in [4.78, 5) is 13.7. The lowest BCUT2D eigenvalue weighted by molar-refractivity contribution is -0.132. The van der Waals surface area contributed by atoms with E-state index in [1.165, 1.54) is 5.57 Å². The molecule has 0 N–H and O–H groups in total. The fourth-order valence-electron chi connectivity index (χ4n) is 1.82. The van der Waals surface area contributed by atoms with Gasteiger partial charge in [-0.3, -0.25) is 4.79 Å². The maximum absolute atomic E-state index is 11.7. The van der Waals surface area contributed by atoms with E-state index >= 15 is 0 Å². The van der Waals surface area contributed by atoms with E-state index in [0.717, 1.165) is 38.8 Å². The van der Waals surface area contributed by atoms with Crippen LogP contribution in [0.4, 0.5) is 0 Å². The van der Waals surface area contributed by atoms with Crippen LogP contribution in [0.5, 0.6) is 0 Å². The summed E-state index contributed by atoms with van der Waals surface area (Å²) in [6, 6.07) is 0. The van der Waals surface area contributed by atoms with Gasteiger partial charge in [-0.05, 0) is 25.7 Å². The highest BCUT2D eigenvalue weighted by Gasteiger charge is 2.33. The molecule has 72 valence electrons. The molecule has 0 bridgehead atoms. The van der Waals surface area contributed by atoms with Crippen molar-refractivity contribution in [2.75, 3.05) is 13.1 Å². The smallest absolute Gasteiger partial charge is 0.225 e. The number of hydrogen-bond donors (Lipinski definition) is 0. The van der Waals surface area contributed by atoms with Gasteiger partial charge in [0.2, 0.25) is 5.91 Å². The summed E-state index contributed by atoms with van der Waals surface area (Å²) in [6.07, 6.45) is 6.71. The lowest BCUT2D eigenvalue weighted by Gasteiger charge is -2.26. The average molecular weight is 179 g/mol. The minimum Gasteiger partial charge on any atom is -0.338 e. The van der Waals surface area contributed by atoms with Crippen LogP contribution in [0.2, 0.25) is 0 Å². The SMILES string of the molecule is CCC1=CCN(C(=O)C2CC2)CC1. The first kappa shape index (κ1) is 8.79. The van der Waals surface area contributed by atoms with Gasteiger partial charge in [-0.15, -0.1) is 0 Å². The molecule has 2 aliphatic rings. The molecule has 2 nitrogen and oxygen atoms in total. The summed E-state index contributed by atoms with van der Waals surface area (Å²) in [5, 5.41) is 0. The third-order valence-corrected chi connectivity index (χ3v) is 3.00. The molecular formula is C11H17NO. The second-order valence-electron chi connectivity index (χ2n) is 4.02. The molecule has 0 saturated heterocycles. The minimum absolute atomic E-state index is 0.386. The summed E-state index contributed by atoms with van der Waals surface area (Å²) >= 11 is 0. The molecule has 1 aliphatic carbocycles. The van der Waals surface area contributed by atoms with E-state index in [1.807, 2.05) is 4.90 Å². The molecule has 1 amide bonds. The highest BCUT2D eigenvalue weighted by atomic mass is 16.2. The van der Waals surface area contributed by atoms with Crippen LogP contribution in [-0.4, -0.2) is 23.9 Å². The molecule has 0 aromatic carbocycles. The van der Waals surface area contributed by atoms with Crippen molar-refractivity contribution in [2.24, 2.45) is 5.92 Å². The molecule has 0 radical (unpaired) electrons. The molecule has 1 aliphatic heterocycles. The monoisotopic (exact) mass is 179 g/mol. The van der Waals surface area contributed by atoms with Crippen LogP contribution < -0.4 is 0 Å². The molecule has 1 saturated carbocycles. The third-order valence-electron chi connectivity index (χ3n) is 3.00. The molecular weight excluding hydrogens is 162 g/mol. The van der Waals surface area contributed by atoms with Crippen LogP contribution >= 0.6 is 0 Å². The van der Waals surface area contributed by atoms with Gasteiger partial charge in [0.25, 0.3) is 0 Å². The van der Waals surface area contributed by atoms with Crippen molar-refractivity contribution in [3.05, 3.63) is 11.6 Å². The Bertz CT molecular complexity index is 240. The Hall–Kier alpha value is -0.790. The van der Waals surface area contributed by atoms with Crippen LogP contribution in [-0.2, 0) is 4.79 Å². The largest absolute Gasteiger partial charge is 0.338 e. The van der Waals surface area contributed by atoms with Crippen molar-refractivity contribution in [3.8, 4) is 0 Å². The van der Waals surface area contributed by atoms with E-state index in [0.29, 0.717) is 11.8 Å². The van der Waals surface area contributed by atoms with Crippen molar-refractivity contribution in [3.63, 3.8) is 0 Å². The predicted molar refractivity (Wildman–Crippen MR) is 52.3 cm³/mol. The summed E-state index contributed by atoms with van der Waals surface area (Å²) < 4.78 is 0. The first-order chi connectivity index (χ1) is 6.31. The van der Waals surface area contributed by atoms with Gasteiger partial charge in [-0.25, -0.2) is 0 Å². The number of nitrogens with zero attached hydrogens (tertiary/aromatic N) is 1. The Morgan fingerprint density at radius 2 is 2.38 bits per heavy atom. The Morgan fingerprint density at radius 1 is 1.62 bits per heavy atom. The van der Waals surface area contributed by atoms with Gasteiger partial charge in [0.05, 0.1) is 0 Å². The zero-order valence-electron chi connectivity index (χ0n) is 8.25. The molecule has 1 fully saturated rings. The number of hydrogen-bond acceptors (Lipinski definition) is 1. The number of carbonyl (C=O) groups excluding carboxylic acids is 1. The number of carbonyl (C=O) groups is 1. The number of rotatable bonds is 2. The van der Waals surface area contributed by atoms with Crippen LogP contribution in [0.3, 0.4) is 0 Å². The van der Waals surface area contributed by atoms with E-state index in [1.54, 1.807) is 0 Å². The maximum Gasteiger partial charge on any atom is 0.225 e. The van der Waals surface area contributed by atoms with Gasteiger partial charge in [-0.2, -0.15) is 0 Å². The molecule has 2 heteroatoms. The summed E-state index contributed by atoms with van der Waals surface area (Å²) in [6.45, 7) is 4.00. The Labute approximate surface area is 79.6 Å². The molecule has 1 heterocycles. The average Bonchev–Trinajstić information content (AvgIpc) is 3.00. The second kappa shape index (κ2) is 3.52. The van der Waals surface area contributed by atoms with E-state index < -0.39 is 0 Å². The fourth-order valence-corrected chi connectivity index (χ4v) is 1.82. The number of amides is 1. The topological polar surface area (TPSA) is 20.3 Å². The van der Waals surface area contributed by atoms with Gasteiger partial charge in [-0.1, -0.05) is 18.6 Å². The van der Waals surface area contributed by atoms with Crippen molar-refractivity contribution in [2.45, 2.75) is 32.6 Å². The molecule has 13 heavy (non-hydrogen) atoms. The minimum atomic E-state index is 0.386. The van der Waals surface area contributed by atoms with Gasteiger partial charge < -0.3 is 4.90 Å². The van der Waals surface area contributed by atoms with E-state index in [2.05, 4.69) is 13.0 Å². The van der Waals surface area contributed by atoms with Crippen LogP contribution in [0.1, 0.15) is 32.6 Å². The highest BCUT2D eigenvalue weighted by molar-refractivity contribution is 5.81. The lowest BCUT2D eigenvalue weighted by atomic mass is 10.1. The standard InChI is InChI=1S/C11H17NO/c1-2-9-5-7-12(8-6-9)11(13)10-3-4-10/h5,10H,2-4,6-8H2,1H3. The summed E-state index contributed by atoms with van der Waals surface area (Å²) in [5.41, 5.74) is 1.51. The molecule has 0 aromatic rings. The van der Waals surface area contributed by atoms with Gasteiger partial charge in [0, 0.05) is 19.0 Å². The Kier molecular flexibility index (Phi) is 2.38. The van der Waals surface area contributed by atoms with E-state index in [9.17, 15) is 4.79 Å². The Morgan fingerprint density at radius 3 is 2.85 bits per heavy atom. The van der Waals surface area contributed by atoms with Gasteiger partial charge in [0.1, 0.15) is 0 Å². The third kappa shape index (κ3) is 1.93. The maximum atomic E-state index is 11.7. The van der Waals surface area contributed by atoms with Crippen molar-refractivity contribution in [1.82, 2.24) is 4.90 Å². The highest BCUT2D eigenvalue weighted by Crippen LogP contribution is 2.31. The molecule has 0 spiro atoms. The van der Waals surface area contributed by atoms with Crippen molar-refractivity contribution < 1.29 is 4.79 Å². The Balaban J connectivity index is 1.90. The van der Waals surface area contributed by atoms with Gasteiger partial charge >= 0.3 is 0 Å². The normalized spacial score (nSPS) is 22.8. The fraction of sp³-hybridized carbons (Fsp3) is 0.727. The van der Waals surface area contributed by atoms with Crippen LogP contribution in [0.25, 0.3) is 0 Å². The zero-order valence-corrected chi connectivity index (χ0v) is 8.25. The van der Waals surface area contributed by atoms with Crippen molar-refractivity contribution in [1.29, 1.82) is 0 Å². The van der Waals surface area contributed by atoms with Crippen LogP contribution in [0.15, 0.2) is 11.6 Å². The second-order valence-corrected chi connectivity index (χ2v) is 4.02. The quantitative estimate of drug-likeness (QED) is 0.593. The predicted octanol–water partition coefficient (Wildman–Crippen LogP) is 1.97. The first-order valence-electron chi connectivity index (χ1n) is 5.28. The lowest BCUT2D eigenvalue weighted by Crippen LogP contribution is -2.35. The van der Waals surface area contributed by atoms with Crippen molar-refractivity contribution >= 4 is 5.91 Å². The molecule has 0 atom stereocenters. The first-order valence-corrected chi connectivity index (χ1v) is 5.28. The summed E-state index contributed by atoms with van der Waals surface area (Å²) in [5.74, 6) is 0.781. The van der Waals surface area contributed by atoms with E-state index in [4.69, 9.17) is 0 Å².